The summed E-state index contributed by atoms with van der Waals surface area (Å²) in [5, 5.41) is 3.36. The van der Waals surface area contributed by atoms with Gasteiger partial charge in [0.05, 0.1) is 13.2 Å². The molecule has 17 heavy (non-hydrogen) atoms. The van der Waals surface area contributed by atoms with Gasteiger partial charge in [0.15, 0.2) is 0 Å². The molecular weight excluding hydrogens is 220 g/mol. The van der Waals surface area contributed by atoms with Crippen LogP contribution >= 0.6 is 0 Å². The van der Waals surface area contributed by atoms with Crippen molar-refractivity contribution in [1.29, 1.82) is 0 Å². The molecule has 0 aromatic carbocycles. The van der Waals surface area contributed by atoms with E-state index in [4.69, 9.17) is 9.47 Å². The van der Waals surface area contributed by atoms with E-state index in [1.807, 2.05) is 20.8 Å². The number of morpholine rings is 1. The smallest absolute Gasteiger partial charge is 0.410 e. The van der Waals surface area contributed by atoms with E-state index in [1.54, 1.807) is 11.9 Å². The molecular formula is C12H24N2O3. The van der Waals surface area contributed by atoms with Crippen molar-refractivity contribution in [2.45, 2.75) is 38.8 Å². The van der Waals surface area contributed by atoms with Gasteiger partial charge in [-0.15, -0.1) is 0 Å². The molecule has 1 aliphatic heterocycles. The largest absolute Gasteiger partial charge is 0.444 e. The van der Waals surface area contributed by atoms with E-state index in [0.29, 0.717) is 12.6 Å². The Labute approximate surface area is 103 Å². The minimum absolute atomic E-state index is 0.269. The highest BCUT2D eigenvalue weighted by Gasteiger charge is 2.20. The summed E-state index contributed by atoms with van der Waals surface area (Å²) in [7, 11) is 1.76. The monoisotopic (exact) mass is 244 g/mol. The van der Waals surface area contributed by atoms with Gasteiger partial charge < -0.3 is 19.7 Å². The first-order valence-electron chi connectivity index (χ1n) is 6.14. The zero-order chi connectivity index (χ0) is 12.9. The first-order chi connectivity index (χ1) is 7.88. The quantitative estimate of drug-likeness (QED) is 0.811. The van der Waals surface area contributed by atoms with E-state index in [1.165, 1.54) is 0 Å². The van der Waals surface area contributed by atoms with Gasteiger partial charge in [-0.25, -0.2) is 4.79 Å². The van der Waals surface area contributed by atoms with Crippen molar-refractivity contribution in [2.75, 3.05) is 33.4 Å². The van der Waals surface area contributed by atoms with Crippen LogP contribution in [0.25, 0.3) is 0 Å². The summed E-state index contributed by atoms with van der Waals surface area (Å²) >= 11 is 0. The van der Waals surface area contributed by atoms with Gasteiger partial charge in [-0.3, -0.25) is 0 Å². The van der Waals surface area contributed by atoms with Crippen LogP contribution in [0, 0.1) is 0 Å². The molecule has 0 radical (unpaired) electrons. The van der Waals surface area contributed by atoms with Crippen LogP contribution in [0.15, 0.2) is 0 Å². The van der Waals surface area contributed by atoms with Gasteiger partial charge in [-0.1, -0.05) is 0 Å². The van der Waals surface area contributed by atoms with Crippen molar-refractivity contribution in [3.8, 4) is 0 Å². The number of ether oxygens (including phenoxy) is 2. The molecule has 0 aromatic rings. The molecule has 5 heteroatoms. The number of hydrogen-bond donors (Lipinski definition) is 1. The topological polar surface area (TPSA) is 50.8 Å². The molecule has 1 N–H and O–H groups in total. The van der Waals surface area contributed by atoms with Crippen LogP contribution in [0.2, 0.25) is 0 Å². The third kappa shape index (κ3) is 5.89. The van der Waals surface area contributed by atoms with Crippen LogP contribution in [-0.4, -0.2) is 56.0 Å². The molecule has 1 unspecified atom stereocenters. The van der Waals surface area contributed by atoms with Crippen molar-refractivity contribution in [2.24, 2.45) is 0 Å². The first kappa shape index (κ1) is 14.3. The van der Waals surface area contributed by atoms with E-state index in [0.717, 1.165) is 26.2 Å². The molecule has 0 bridgehead atoms. The number of hydrogen-bond acceptors (Lipinski definition) is 4. The molecule has 1 atom stereocenters. The average Bonchev–Trinajstić information content (AvgIpc) is 2.25. The number of rotatable bonds is 3. The summed E-state index contributed by atoms with van der Waals surface area (Å²) in [5.74, 6) is 0. The lowest BCUT2D eigenvalue weighted by molar-refractivity contribution is 0.0268. The average molecular weight is 244 g/mol. The van der Waals surface area contributed by atoms with Crippen molar-refractivity contribution in [3.63, 3.8) is 0 Å². The normalized spacial score (nSPS) is 21.1. The van der Waals surface area contributed by atoms with Crippen molar-refractivity contribution >= 4 is 6.09 Å². The summed E-state index contributed by atoms with van der Waals surface area (Å²) in [6.45, 7) is 8.68. The van der Waals surface area contributed by atoms with Gasteiger partial charge >= 0.3 is 6.09 Å². The Bertz CT molecular complexity index is 245. The maximum Gasteiger partial charge on any atom is 0.410 e. The fraction of sp³-hybridized carbons (Fsp3) is 0.917. The second-order valence-corrected chi connectivity index (χ2v) is 5.42. The fourth-order valence-electron chi connectivity index (χ4n) is 1.59. The second-order valence-electron chi connectivity index (χ2n) is 5.42. The molecule has 0 aromatic heterocycles. The minimum Gasteiger partial charge on any atom is -0.444 e. The molecule has 1 amide bonds. The maximum atomic E-state index is 11.7. The van der Waals surface area contributed by atoms with Gasteiger partial charge in [0.1, 0.15) is 5.60 Å². The Morgan fingerprint density at radius 3 is 2.76 bits per heavy atom. The summed E-state index contributed by atoms with van der Waals surface area (Å²) in [6.07, 6.45) is 0.615. The van der Waals surface area contributed by atoms with Crippen LogP contribution in [0.1, 0.15) is 27.2 Å². The first-order valence-corrected chi connectivity index (χ1v) is 6.14. The highest BCUT2D eigenvalue weighted by atomic mass is 16.6. The van der Waals surface area contributed by atoms with Gasteiger partial charge in [0.25, 0.3) is 0 Å². The van der Waals surface area contributed by atoms with Crippen LogP contribution in [0.5, 0.6) is 0 Å². The van der Waals surface area contributed by atoms with Crippen LogP contribution < -0.4 is 5.32 Å². The Morgan fingerprint density at radius 1 is 1.53 bits per heavy atom. The zero-order valence-electron chi connectivity index (χ0n) is 11.3. The number of nitrogens with zero attached hydrogens (tertiary/aromatic N) is 1. The molecule has 5 nitrogen and oxygen atoms in total. The summed E-state index contributed by atoms with van der Waals surface area (Å²) < 4.78 is 10.6. The third-order valence-electron chi connectivity index (χ3n) is 2.52. The molecule has 1 aliphatic rings. The van der Waals surface area contributed by atoms with E-state index in [9.17, 15) is 4.79 Å². The Balaban J connectivity index is 2.23. The molecule has 0 aliphatic carbocycles. The predicted molar refractivity (Wildman–Crippen MR) is 66.1 cm³/mol. The minimum atomic E-state index is -0.433. The summed E-state index contributed by atoms with van der Waals surface area (Å²) in [6, 6.07) is 0.341. The van der Waals surface area contributed by atoms with E-state index >= 15 is 0 Å². The number of carbonyl (C=O) groups is 1. The number of amides is 1. The summed E-state index contributed by atoms with van der Waals surface area (Å²) in [5.41, 5.74) is -0.433. The van der Waals surface area contributed by atoms with Crippen molar-refractivity contribution in [1.82, 2.24) is 10.2 Å². The molecule has 1 saturated heterocycles. The highest BCUT2D eigenvalue weighted by molar-refractivity contribution is 5.67. The highest BCUT2D eigenvalue weighted by Crippen LogP contribution is 2.09. The lowest BCUT2D eigenvalue weighted by Crippen LogP contribution is -2.44. The SMILES string of the molecule is CN(CCC1COCCN1)C(=O)OC(C)(C)C. The molecule has 1 fully saturated rings. The van der Waals surface area contributed by atoms with Gasteiger partial charge in [0.2, 0.25) is 0 Å². The Hall–Kier alpha value is -0.810. The van der Waals surface area contributed by atoms with E-state index in [-0.39, 0.29) is 6.09 Å². The molecule has 100 valence electrons. The molecule has 0 saturated carbocycles. The van der Waals surface area contributed by atoms with Gasteiger partial charge in [0, 0.05) is 26.2 Å². The van der Waals surface area contributed by atoms with Gasteiger partial charge in [-0.2, -0.15) is 0 Å². The van der Waals surface area contributed by atoms with Gasteiger partial charge in [-0.05, 0) is 27.2 Å². The van der Waals surface area contributed by atoms with Crippen LogP contribution in [-0.2, 0) is 9.47 Å². The van der Waals surface area contributed by atoms with Crippen molar-refractivity contribution < 1.29 is 14.3 Å². The fourth-order valence-corrected chi connectivity index (χ4v) is 1.59. The molecule has 1 rings (SSSR count). The maximum absolute atomic E-state index is 11.7. The van der Waals surface area contributed by atoms with E-state index in [2.05, 4.69) is 5.32 Å². The molecule has 0 spiro atoms. The molecule has 1 heterocycles. The third-order valence-corrected chi connectivity index (χ3v) is 2.52. The number of nitrogens with one attached hydrogen (secondary N) is 1. The van der Waals surface area contributed by atoms with Crippen molar-refractivity contribution in [3.05, 3.63) is 0 Å². The van der Waals surface area contributed by atoms with E-state index < -0.39 is 5.60 Å². The zero-order valence-corrected chi connectivity index (χ0v) is 11.3. The van der Waals surface area contributed by atoms with Crippen LogP contribution in [0.4, 0.5) is 4.79 Å². The standard InChI is InChI=1S/C12H24N2O3/c1-12(2,3)17-11(15)14(4)7-5-10-9-16-8-6-13-10/h10,13H,5-9H2,1-4H3. The lowest BCUT2D eigenvalue weighted by Gasteiger charge is -2.28. The Morgan fingerprint density at radius 2 is 2.24 bits per heavy atom. The lowest BCUT2D eigenvalue weighted by atomic mass is 10.2. The van der Waals surface area contributed by atoms with Crippen LogP contribution in [0.3, 0.4) is 0 Å². The predicted octanol–water partition coefficient (Wildman–Crippen LogP) is 1.23. The number of carbonyl (C=O) groups excluding carboxylic acids is 1. The second kappa shape index (κ2) is 6.21. The summed E-state index contributed by atoms with van der Waals surface area (Å²) in [4.78, 5) is 13.3. The Kier molecular flexibility index (Phi) is 5.21.